The van der Waals surface area contributed by atoms with E-state index in [2.05, 4.69) is 26.1 Å². The zero-order valence-electron chi connectivity index (χ0n) is 9.47. The molecule has 78 valence electrons. The minimum Gasteiger partial charge on any atom is -0.314 e. The predicted octanol–water partition coefficient (Wildman–Crippen LogP) is 3.20. The van der Waals surface area contributed by atoms with Crippen molar-refractivity contribution in [2.45, 2.75) is 58.9 Å². The van der Waals surface area contributed by atoms with Gasteiger partial charge in [-0.2, -0.15) is 0 Å². The number of hydrogen-bond acceptors (Lipinski definition) is 1. The highest BCUT2D eigenvalue weighted by atomic mass is 14.9. The van der Waals surface area contributed by atoms with E-state index < -0.39 is 0 Å². The molecule has 1 rings (SSSR count). The van der Waals surface area contributed by atoms with E-state index in [1.807, 2.05) is 0 Å². The lowest BCUT2D eigenvalue weighted by molar-refractivity contribution is 0.196. The van der Waals surface area contributed by atoms with E-state index in [1.54, 1.807) is 0 Å². The van der Waals surface area contributed by atoms with E-state index in [9.17, 15) is 0 Å². The van der Waals surface area contributed by atoms with Crippen molar-refractivity contribution in [2.24, 2.45) is 11.8 Å². The highest BCUT2D eigenvalue weighted by molar-refractivity contribution is 4.83. The molecule has 0 aromatic carbocycles. The molecule has 1 aliphatic carbocycles. The Labute approximate surface area is 83.3 Å². The summed E-state index contributed by atoms with van der Waals surface area (Å²) in [5.74, 6) is 1.96. The van der Waals surface area contributed by atoms with Gasteiger partial charge in [0.2, 0.25) is 0 Å². The molecule has 1 fully saturated rings. The SMILES string of the molecule is CCNC1CCC(CC)CC1CC. The molecule has 0 amide bonds. The van der Waals surface area contributed by atoms with Gasteiger partial charge in [-0.05, 0) is 37.6 Å². The highest BCUT2D eigenvalue weighted by Gasteiger charge is 2.27. The third-order valence-corrected chi connectivity index (χ3v) is 3.66. The van der Waals surface area contributed by atoms with Gasteiger partial charge in [0.05, 0.1) is 0 Å². The summed E-state index contributed by atoms with van der Waals surface area (Å²) in [6, 6.07) is 0.817. The fourth-order valence-corrected chi connectivity index (χ4v) is 2.71. The molecule has 13 heavy (non-hydrogen) atoms. The highest BCUT2D eigenvalue weighted by Crippen LogP contribution is 2.32. The molecule has 0 aromatic heterocycles. The first-order chi connectivity index (χ1) is 6.31. The van der Waals surface area contributed by atoms with E-state index in [0.29, 0.717) is 0 Å². The largest absolute Gasteiger partial charge is 0.314 e. The van der Waals surface area contributed by atoms with Crippen LogP contribution in [-0.2, 0) is 0 Å². The van der Waals surface area contributed by atoms with Gasteiger partial charge in [-0.1, -0.05) is 33.6 Å². The molecule has 1 nitrogen and oxygen atoms in total. The van der Waals surface area contributed by atoms with Crippen molar-refractivity contribution in [3.05, 3.63) is 0 Å². The topological polar surface area (TPSA) is 12.0 Å². The Kier molecular flexibility index (Phi) is 4.79. The second-order valence-corrected chi connectivity index (χ2v) is 4.42. The fraction of sp³-hybridized carbons (Fsp3) is 1.00. The summed E-state index contributed by atoms with van der Waals surface area (Å²) in [6.45, 7) is 8.04. The van der Waals surface area contributed by atoms with Crippen LogP contribution < -0.4 is 5.32 Å². The van der Waals surface area contributed by atoms with Gasteiger partial charge >= 0.3 is 0 Å². The van der Waals surface area contributed by atoms with Crippen molar-refractivity contribution in [1.29, 1.82) is 0 Å². The summed E-state index contributed by atoms with van der Waals surface area (Å²) in [6.07, 6.45) is 7.06. The lowest BCUT2D eigenvalue weighted by Gasteiger charge is -2.36. The van der Waals surface area contributed by atoms with Crippen LogP contribution in [0.2, 0.25) is 0 Å². The van der Waals surface area contributed by atoms with Crippen LogP contribution in [0.4, 0.5) is 0 Å². The fourth-order valence-electron chi connectivity index (χ4n) is 2.71. The van der Waals surface area contributed by atoms with Gasteiger partial charge in [-0.15, -0.1) is 0 Å². The molecule has 0 aliphatic heterocycles. The summed E-state index contributed by atoms with van der Waals surface area (Å²) in [5.41, 5.74) is 0. The monoisotopic (exact) mass is 183 g/mol. The van der Waals surface area contributed by atoms with Gasteiger partial charge in [0.1, 0.15) is 0 Å². The van der Waals surface area contributed by atoms with Crippen molar-refractivity contribution in [3.63, 3.8) is 0 Å². The third kappa shape index (κ3) is 2.98. The molecule has 0 aromatic rings. The van der Waals surface area contributed by atoms with Gasteiger partial charge in [0.25, 0.3) is 0 Å². The zero-order chi connectivity index (χ0) is 9.68. The quantitative estimate of drug-likeness (QED) is 0.706. The Morgan fingerprint density at radius 1 is 1.08 bits per heavy atom. The van der Waals surface area contributed by atoms with Gasteiger partial charge in [-0.3, -0.25) is 0 Å². The maximum Gasteiger partial charge on any atom is 0.00953 e. The maximum absolute atomic E-state index is 3.63. The lowest BCUT2D eigenvalue weighted by Crippen LogP contribution is -2.40. The molecule has 0 heterocycles. The Hall–Kier alpha value is -0.0400. The molecular formula is C12H25N. The van der Waals surface area contributed by atoms with Crippen LogP contribution in [-0.4, -0.2) is 12.6 Å². The second-order valence-electron chi connectivity index (χ2n) is 4.42. The normalized spacial score (nSPS) is 34.8. The Morgan fingerprint density at radius 2 is 1.85 bits per heavy atom. The number of rotatable bonds is 4. The smallest absolute Gasteiger partial charge is 0.00953 e. The maximum atomic E-state index is 3.63. The lowest BCUT2D eigenvalue weighted by atomic mass is 9.76. The van der Waals surface area contributed by atoms with Crippen LogP contribution in [0.15, 0.2) is 0 Å². The molecule has 3 atom stereocenters. The van der Waals surface area contributed by atoms with Gasteiger partial charge in [-0.25, -0.2) is 0 Å². The summed E-state index contributed by atoms with van der Waals surface area (Å²) in [4.78, 5) is 0. The average molecular weight is 183 g/mol. The average Bonchev–Trinajstić information content (AvgIpc) is 2.19. The Balaban J connectivity index is 2.40. The third-order valence-electron chi connectivity index (χ3n) is 3.66. The molecule has 1 aliphatic rings. The summed E-state index contributed by atoms with van der Waals surface area (Å²) >= 11 is 0. The Bertz CT molecular complexity index is 133. The van der Waals surface area contributed by atoms with Crippen LogP contribution in [0, 0.1) is 11.8 Å². The van der Waals surface area contributed by atoms with E-state index in [1.165, 1.54) is 32.1 Å². The first kappa shape index (κ1) is 11.0. The van der Waals surface area contributed by atoms with Gasteiger partial charge in [0.15, 0.2) is 0 Å². The van der Waals surface area contributed by atoms with Crippen molar-refractivity contribution in [3.8, 4) is 0 Å². The van der Waals surface area contributed by atoms with Crippen molar-refractivity contribution in [2.75, 3.05) is 6.54 Å². The van der Waals surface area contributed by atoms with Crippen molar-refractivity contribution >= 4 is 0 Å². The number of hydrogen-bond donors (Lipinski definition) is 1. The molecule has 0 spiro atoms. The van der Waals surface area contributed by atoms with Gasteiger partial charge < -0.3 is 5.32 Å². The molecule has 1 heteroatoms. The molecular weight excluding hydrogens is 158 g/mol. The summed E-state index contributed by atoms with van der Waals surface area (Å²) in [7, 11) is 0. The minimum absolute atomic E-state index is 0.817. The first-order valence-corrected chi connectivity index (χ1v) is 6.05. The molecule has 0 radical (unpaired) electrons. The Morgan fingerprint density at radius 3 is 2.38 bits per heavy atom. The zero-order valence-corrected chi connectivity index (χ0v) is 9.47. The van der Waals surface area contributed by atoms with Crippen molar-refractivity contribution < 1.29 is 0 Å². The molecule has 0 bridgehead atoms. The van der Waals surface area contributed by atoms with Crippen molar-refractivity contribution in [1.82, 2.24) is 5.32 Å². The minimum atomic E-state index is 0.817. The second kappa shape index (κ2) is 5.64. The standard InChI is InChI=1S/C12H25N/c1-4-10-7-8-12(13-6-3)11(5-2)9-10/h10-13H,4-9H2,1-3H3. The van der Waals surface area contributed by atoms with Crippen LogP contribution in [0.25, 0.3) is 0 Å². The first-order valence-electron chi connectivity index (χ1n) is 6.05. The van der Waals surface area contributed by atoms with Crippen LogP contribution in [0.1, 0.15) is 52.9 Å². The molecule has 1 saturated carbocycles. The summed E-state index contributed by atoms with van der Waals surface area (Å²) in [5, 5.41) is 3.63. The molecule has 3 unspecified atom stereocenters. The predicted molar refractivity (Wildman–Crippen MR) is 58.9 cm³/mol. The van der Waals surface area contributed by atoms with E-state index in [0.717, 1.165) is 24.4 Å². The van der Waals surface area contributed by atoms with E-state index in [-0.39, 0.29) is 0 Å². The molecule has 0 saturated heterocycles. The van der Waals surface area contributed by atoms with E-state index >= 15 is 0 Å². The van der Waals surface area contributed by atoms with Crippen LogP contribution in [0.5, 0.6) is 0 Å². The number of nitrogens with one attached hydrogen (secondary N) is 1. The van der Waals surface area contributed by atoms with Crippen LogP contribution >= 0.6 is 0 Å². The van der Waals surface area contributed by atoms with E-state index in [4.69, 9.17) is 0 Å². The van der Waals surface area contributed by atoms with Gasteiger partial charge in [0, 0.05) is 6.04 Å². The summed E-state index contributed by atoms with van der Waals surface area (Å²) < 4.78 is 0. The van der Waals surface area contributed by atoms with Crippen LogP contribution in [0.3, 0.4) is 0 Å². The molecule has 1 N–H and O–H groups in total.